The standard InChI is InChI=1S/C30H36ClN3O5S2/c1-5-19-32-30(36)22(3)33(20-23-11-13-24(31)14-12-23)29(35)21-34(27-9-7-8-10-28(27)39-6-2)41(37,38)26-17-15-25(40-4)16-18-26/h7-18,22H,5-6,19-21H2,1-4H3,(H,32,36)/t22-/m0/s1. The first-order valence-electron chi connectivity index (χ1n) is 13.3. The molecule has 3 aromatic carbocycles. The highest BCUT2D eigenvalue weighted by atomic mass is 35.5. The number of amides is 2. The van der Waals surface area contributed by atoms with E-state index in [0.717, 1.165) is 21.2 Å². The minimum Gasteiger partial charge on any atom is -0.492 e. The van der Waals surface area contributed by atoms with E-state index in [-0.39, 0.29) is 23.0 Å². The number of carbonyl (C=O) groups excluding carboxylic acids is 2. The molecule has 0 aliphatic rings. The quantitative estimate of drug-likeness (QED) is 0.237. The number of halogens is 1. The Morgan fingerprint density at radius 3 is 2.27 bits per heavy atom. The lowest BCUT2D eigenvalue weighted by atomic mass is 10.1. The molecule has 0 unspecified atom stereocenters. The van der Waals surface area contributed by atoms with Crippen LogP contribution in [0.25, 0.3) is 0 Å². The van der Waals surface area contributed by atoms with Crippen LogP contribution in [0.1, 0.15) is 32.8 Å². The van der Waals surface area contributed by atoms with Crippen LogP contribution in [0.4, 0.5) is 5.69 Å². The van der Waals surface area contributed by atoms with Crippen LogP contribution in [0.3, 0.4) is 0 Å². The molecule has 0 aromatic heterocycles. The average molecular weight is 618 g/mol. The molecule has 220 valence electrons. The molecule has 0 saturated heterocycles. The smallest absolute Gasteiger partial charge is 0.264 e. The molecule has 0 heterocycles. The topological polar surface area (TPSA) is 96.0 Å². The Balaban J connectivity index is 2.07. The minimum absolute atomic E-state index is 0.0346. The molecule has 0 aliphatic carbocycles. The average Bonchev–Trinajstić information content (AvgIpc) is 2.98. The fourth-order valence-electron chi connectivity index (χ4n) is 4.09. The van der Waals surface area contributed by atoms with Gasteiger partial charge in [0.05, 0.1) is 17.2 Å². The van der Waals surface area contributed by atoms with Gasteiger partial charge in [0, 0.05) is 23.0 Å². The molecule has 0 spiro atoms. The second kappa shape index (κ2) is 15.1. The molecular formula is C30H36ClN3O5S2. The zero-order valence-electron chi connectivity index (χ0n) is 23.7. The van der Waals surface area contributed by atoms with Crippen LogP contribution in [0.5, 0.6) is 5.75 Å². The number of rotatable bonds is 14. The van der Waals surface area contributed by atoms with E-state index in [1.54, 1.807) is 74.5 Å². The highest BCUT2D eigenvalue weighted by molar-refractivity contribution is 7.98. The van der Waals surface area contributed by atoms with Gasteiger partial charge in [-0.1, -0.05) is 42.8 Å². The van der Waals surface area contributed by atoms with E-state index in [1.165, 1.54) is 28.8 Å². The van der Waals surface area contributed by atoms with Crippen molar-refractivity contribution in [3.8, 4) is 5.75 Å². The number of nitrogens with one attached hydrogen (secondary N) is 1. The maximum absolute atomic E-state index is 14.1. The summed E-state index contributed by atoms with van der Waals surface area (Å²) in [4.78, 5) is 29.3. The third-order valence-electron chi connectivity index (χ3n) is 6.34. The number of thioether (sulfide) groups is 1. The van der Waals surface area contributed by atoms with Gasteiger partial charge in [0.2, 0.25) is 11.8 Å². The minimum atomic E-state index is -4.21. The van der Waals surface area contributed by atoms with Crippen LogP contribution < -0.4 is 14.4 Å². The van der Waals surface area contributed by atoms with Gasteiger partial charge in [-0.3, -0.25) is 13.9 Å². The molecule has 0 fully saturated rings. The number of nitrogens with zero attached hydrogens (tertiary/aromatic N) is 2. The van der Waals surface area contributed by atoms with Crippen molar-refractivity contribution in [3.05, 3.63) is 83.4 Å². The molecule has 3 aromatic rings. The van der Waals surface area contributed by atoms with Crippen molar-refractivity contribution in [1.82, 2.24) is 10.2 Å². The number of carbonyl (C=O) groups is 2. The monoisotopic (exact) mass is 617 g/mol. The summed E-state index contributed by atoms with van der Waals surface area (Å²) in [6.45, 7) is 5.67. The van der Waals surface area contributed by atoms with Crippen molar-refractivity contribution in [1.29, 1.82) is 0 Å². The van der Waals surface area contributed by atoms with E-state index in [2.05, 4.69) is 5.32 Å². The maximum atomic E-state index is 14.1. The Morgan fingerprint density at radius 2 is 1.66 bits per heavy atom. The first-order chi connectivity index (χ1) is 19.6. The van der Waals surface area contributed by atoms with Crippen LogP contribution in [-0.2, 0) is 26.2 Å². The molecule has 3 rings (SSSR count). The van der Waals surface area contributed by atoms with E-state index in [9.17, 15) is 18.0 Å². The van der Waals surface area contributed by atoms with Crippen molar-refractivity contribution < 1.29 is 22.7 Å². The number of ether oxygens (including phenoxy) is 1. The predicted molar refractivity (Wildman–Crippen MR) is 165 cm³/mol. The van der Waals surface area contributed by atoms with Crippen molar-refractivity contribution in [2.24, 2.45) is 0 Å². The van der Waals surface area contributed by atoms with E-state index in [0.29, 0.717) is 23.9 Å². The summed E-state index contributed by atoms with van der Waals surface area (Å²) in [6, 6.07) is 19.3. The van der Waals surface area contributed by atoms with E-state index in [4.69, 9.17) is 16.3 Å². The molecule has 0 saturated carbocycles. The van der Waals surface area contributed by atoms with Crippen LogP contribution in [-0.4, -0.2) is 57.1 Å². The molecule has 1 N–H and O–H groups in total. The summed E-state index contributed by atoms with van der Waals surface area (Å²) in [6.07, 6.45) is 2.64. The van der Waals surface area contributed by atoms with Gasteiger partial charge in [-0.2, -0.15) is 0 Å². The summed E-state index contributed by atoms with van der Waals surface area (Å²) in [5.74, 6) is -0.550. The first-order valence-corrected chi connectivity index (χ1v) is 16.4. The second-order valence-corrected chi connectivity index (χ2v) is 12.4. The zero-order chi connectivity index (χ0) is 30.0. The van der Waals surface area contributed by atoms with Crippen LogP contribution in [0.15, 0.2) is 82.6 Å². The van der Waals surface area contributed by atoms with Crippen molar-refractivity contribution in [3.63, 3.8) is 0 Å². The number of sulfonamides is 1. The SMILES string of the molecule is CCCNC(=O)[C@H](C)N(Cc1ccc(Cl)cc1)C(=O)CN(c1ccccc1OCC)S(=O)(=O)c1ccc(SC)cc1. The van der Waals surface area contributed by atoms with Gasteiger partial charge >= 0.3 is 0 Å². The molecule has 0 bridgehead atoms. The first kappa shape index (κ1) is 32.3. The molecule has 8 nitrogen and oxygen atoms in total. The normalized spacial score (nSPS) is 11.9. The molecule has 0 aliphatic heterocycles. The van der Waals surface area contributed by atoms with Crippen molar-refractivity contribution in [2.75, 3.05) is 30.3 Å². The van der Waals surface area contributed by atoms with Crippen molar-refractivity contribution in [2.45, 2.75) is 49.6 Å². The highest BCUT2D eigenvalue weighted by Gasteiger charge is 2.33. The number of para-hydroxylation sites is 2. The Kier molecular flexibility index (Phi) is 11.9. The molecule has 1 atom stereocenters. The number of anilines is 1. The number of benzene rings is 3. The molecule has 0 radical (unpaired) electrons. The summed E-state index contributed by atoms with van der Waals surface area (Å²) < 4.78 is 35.0. The van der Waals surface area contributed by atoms with Gasteiger partial charge in [-0.05, 0) is 80.6 Å². The molecule has 11 heteroatoms. The molecule has 41 heavy (non-hydrogen) atoms. The van der Waals surface area contributed by atoms with Gasteiger partial charge in [0.25, 0.3) is 10.0 Å². The maximum Gasteiger partial charge on any atom is 0.264 e. The summed E-state index contributed by atoms with van der Waals surface area (Å²) in [5, 5.41) is 3.37. The largest absolute Gasteiger partial charge is 0.492 e. The molecular weight excluding hydrogens is 582 g/mol. The summed E-state index contributed by atoms with van der Waals surface area (Å²) >= 11 is 7.55. The van der Waals surface area contributed by atoms with Gasteiger partial charge in [0.15, 0.2) is 0 Å². The Morgan fingerprint density at radius 1 is 1.00 bits per heavy atom. The van der Waals surface area contributed by atoms with Crippen LogP contribution in [0, 0.1) is 0 Å². The summed E-state index contributed by atoms with van der Waals surface area (Å²) in [7, 11) is -4.21. The lowest BCUT2D eigenvalue weighted by Crippen LogP contribution is -2.51. The Bertz CT molecular complexity index is 1420. The second-order valence-electron chi connectivity index (χ2n) is 9.20. The Labute approximate surface area is 252 Å². The lowest BCUT2D eigenvalue weighted by molar-refractivity contribution is -0.139. The highest BCUT2D eigenvalue weighted by Crippen LogP contribution is 2.33. The third kappa shape index (κ3) is 8.40. The van der Waals surface area contributed by atoms with Gasteiger partial charge in [-0.25, -0.2) is 8.42 Å². The zero-order valence-corrected chi connectivity index (χ0v) is 26.1. The summed E-state index contributed by atoms with van der Waals surface area (Å²) in [5.41, 5.74) is 0.973. The van der Waals surface area contributed by atoms with Crippen LogP contribution >= 0.6 is 23.4 Å². The lowest BCUT2D eigenvalue weighted by Gasteiger charge is -2.32. The predicted octanol–water partition coefficient (Wildman–Crippen LogP) is 5.60. The van der Waals surface area contributed by atoms with Gasteiger partial charge in [0.1, 0.15) is 18.3 Å². The number of hydrogen-bond donors (Lipinski definition) is 1. The van der Waals surface area contributed by atoms with E-state index < -0.39 is 28.5 Å². The van der Waals surface area contributed by atoms with Gasteiger partial charge in [-0.15, -0.1) is 11.8 Å². The number of hydrogen-bond acceptors (Lipinski definition) is 6. The fourth-order valence-corrected chi connectivity index (χ4v) is 6.05. The van der Waals surface area contributed by atoms with E-state index in [1.807, 2.05) is 13.2 Å². The van der Waals surface area contributed by atoms with Gasteiger partial charge < -0.3 is 15.0 Å². The van der Waals surface area contributed by atoms with E-state index >= 15 is 0 Å². The fraction of sp³-hybridized carbons (Fsp3) is 0.333. The Hall–Kier alpha value is -3.21. The van der Waals surface area contributed by atoms with Crippen LogP contribution in [0.2, 0.25) is 5.02 Å². The molecule has 2 amide bonds. The third-order valence-corrected chi connectivity index (χ3v) is 9.11. The van der Waals surface area contributed by atoms with Crippen molar-refractivity contribution >= 4 is 50.9 Å².